The minimum absolute atomic E-state index is 0.0949. The monoisotopic (exact) mass is 232 g/mol. The molecule has 0 saturated heterocycles. The Morgan fingerprint density at radius 3 is 2.47 bits per heavy atom. The molecule has 1 saturated carbocycles. The molecule has 1 atom stereocenters. The summed E-state index contributed by atoms with van der Waals surface area (Å²) >= 11 is 5.50. The van der Waals surface area contributed by atoms with E-state index < -0.39 is 0 Å². The number of amides is 2. The smallest absolute Gasteiger partial charge is 0.315 e. The highest BCUT2D eigenvalue weighted by Crippen LogP contribution is 2.40. The lowest BCUT2D eigenvalue weighted by Gasteiger charge is -2.31. The van der Waals surface area contributed by atoms with Crippen molar-refractivity contribution < 1.29 is 4.79 Å². The molecule has 15 heavy (non-hydrogen) atoms. The maximum absolute atomic E-state index is 11.5. The van der Waals surface area contributed by atoms with Gasteiger partial charge in [0.05, 0.1) is 0 Å². The number of hydrogen-bond donors (Lipinski definition) is 2. The topological polar surface area (TPSA) is 41.1 Å². The number of carbonyl (C=O) groups is 1. The van der Waals surface area contributed by atoms with Gasteiger partial charge in [0, 0.05) is 18.5 Å². The van der Waals surface area contributed by atoms with Crippen molar-refractivity contribution in [1.82, 2.24) is 10.6 Å². The summed E-state index contributed by atoms with van der Waals surface area (Å²) in [5.41, 5.74) is 0.124. The van der Waals surface area contributed by atoms with Crippen LogP contribution in [-0.2, 0) is 0 Å². The van der Waals surface area contributed by atoms with Crippen LogP contribution in [0, 0.1) is 11.3 Å². The normalized spacial score (nSPS) is 18.4. The molecule has 0 aromatic carbocycles. The summed E-state index contributed by atoms with van der Waals surface area (Å²) in [7, 11) is 0. The van der Waals surface area contributed by atoms with E-state index in [2.05, 4.69) is 31.4 Å². The van der Waals surface area contributed by atoms with Gasteiger partial charge >= 0.3 is 6.03 Å². The Labute approximate surface area is 96.9 Å². The first-order valence-corrected chi connectivity index (χ1v) is 6.09. The van der Waals surface area contributed by atoms with E-state index in [1.54, 1.807) is 0 Å². The second-order valence-electron chi connectivity index (χ2n) is 5.27. The van der Waals surface area contributed by atoms with Gasteiger partial charge in [0.25, 0.3) is 0 Å². The van der Waals surface area contributed by atoms with Crippen molar-refractivity contribution in [1.29, 1.82) is 0 Å². The van der Waals surface area contributed by atoms with Crippen LogP contribution in [0.15, 0.2) is 0 Å². The first-order chi connectivity index (χ1) is 6.95. The minimum Gasteiger partial charge on any atom is -0.337 e. The molecule has 2 amide bonds. The highest BCUT2D eigenvalue weighted by Gasteiger charge is 2.39. The van der Waals surface area contributed by atoms with E-state index in [1.807, 2.05) is 0 Å². The second kappa shape index (κ2) is 5.06. The molecule has 3 nitrogen and oxygen atoms in total. The van der Waals surface area contributed by atoms with Gasteiger partial charge < -0.3 is 10.6 Å². The largest absolute Gasteiger partial charge is 0.337 e. The van der Waals surface area contributed by atoms with Crippen LogP contribution in [0.1, 0.15) is 33.6 Å². The SMILES string of the molecule is CC(C)(C)C(NC(=O)NCCCl)C1CC1. The van der Waals surface area contributed by atoms with Gasteiger partial charge in [0.1, 0.15) is 0 Å². The number of rotatable bonds is 4. The van der Waals surface area contributed by atoms with Crippen LogP contribution >= 0.6 is 11.6 Å². The summed E-state index contributed by atoms with van der Waals surface area (Å²) in [6.07, 6.45) is 2.47. The molecule has 0 heterocycles. The van der Waals surface area contributed by atoms with Crippen molar-refractivity contribution in [3.8, 4) is 0 Å². The quantitative estimate of drug-likeness (QED) is 0.718. The standard InChI is InChI=1S/C11H21ClN2O/c1-11(2,3)9(8-4-5-8)14-10(15)13-7-6-12/h8-9H,4-7H2,1-3H3,(H2,13,14,15). The molecular formula is C11H21ClN2O. The third-order valence-corrected chi connectivity index (χ3v) is 2.88. The lowest BCUT2D eigenvalue weighted by molar-refractivity contribution is 0.209. The zero-order chi connectivity index (χ0) is 11.5. The molecule has 0 aliphatic heterocycles. The van der Waals surface area contributed by atoms with Crippen molar-refractivity contribution in [2.75, 3.05) is 12.4 Å². The van der Waals surface area contributed by atoms with Crippen molar-refractivity contribution in [2.24, 2.45) is 11.3 Å². The van der Waals surface area contributed by atoms with E-state index in [-0.39, 0.29) is 17.5 Å². The Hall–Kier alpha value is -0.440. The van der Waals surface area contributed by atoms with E-state index in [4.69, 9.17) is 11.6 Å². The van der Waals surface area contributed by atoms with E-state index in [9.17, 15) is 4.79 Å². The van der Waals surface area contributed by atoms with Crippen molar-refractivity contribution in [2.45, 2.75) is 39.7 Å². The van der Waals surface area contributed by atoms with Gasteiger partial charge in [-0.05, 0) is 24.2 Å². The lowest BCUT2D eigenvalue weighted by atomic mass is 9.84. The Bertz CT molecular complexity index is 221. The average molecular weight is 233 g/mol. The third kappa shape index (κ3) is 4.29. The minimum atomic E-state index is -0.0949. The van der Waals surface area contributed by atoms with Crippen LogP contribution in [0.25, 0.3) is 0 Å². The lowest BCUT2D eigenvalue weighted by Crippen LogP contribution is -2.49. The first kappa shape index (κ1) is 12.6. The summed E-state index contributed by atoms with van der Waals surface area (Å²) in [6, 6.07) is 0.176. The van der Waals surface area contributed by atoms with E-state index in [0.29, 0.717) is 18.3 Å². The third-order valence-electron chi connectivity index (χ3n) is 2.69. The number of hydrogen-bond acceptors (Lipinski definition) is 1. The molecule has 1 fully saturated rings. The zero-order valence-corrected chi connectivity index (χ0v) is 10.5. The Balaban J connectivity index is 2.41. The highest BCUT2D eigenvalue weighted by molar-refractivity contribution is 6.18. The van der Waals surface area contributed by atoms with Gasteiger partial charge in [-0.2, -0.15) is 0 Å². The van der Waals surface area contributed by atoms with Gasteiger partial charge in [-0.1, -0.05) is 20.8 Å². The fraction of sp³-hybridized carbons (Fsp3) is 0.909. The molecule has 1 rings (SSSR count). The predicted octanol–water partition coefficient (Wildman–Crippen LogP) is 2.35. The van der Waals surface area contributed by atoms with Gasteiger partial charge in [0.2, 0.25) is 0 Å². The number of urea groups is 1. The van der Waals surface area contributed by atoms with E-state index >= 15 is 0 Å². The predicted molar refractivity (Wildman–Crippen MR) is 63.2 cm³/mol. The van der Waals surface area contributed by atoms with Gasteiger partial charge in [0.15, 0.2) is 0 Å². The zero-order valence-electron chi connectivity index (χ0n) is 9.77. The summed E-state index contributed by atoms with van der Waals surface area (Å²) in [5, 5.41) is 5.78. The van der Waals surface area contributed by atoms with Crippen molar-refractivity contribution in [3.63, 3.8) is 0 Å². The summed E-state index contributed by atoms with van der Waals surface area (Å²) < 4.78 is 0. The molecule has 88 valence electrons. The molecule has 2 N–H and O–H groups in total. The summed E-state index contributed by atoms with van der Waals surface area (Å²) in [5.74, 6) is 1.11. The summed E-state index contributed by atoms with van der Waals surface area (Å²) in [6.45, 7) is 7.02. The van der Waals surface area contributed by atoms with Crippen LogP contribution in [0.5, 0.6) is 0 Å². The van der Waals surface area contributed by atoms with Crippen LogP contribution in [0.3, 0.4) is 0 Å². The fourth-order valence-corrected chi connectivity index (χ4v) is 1.92. The maximum Gasteiger partial charge on any atom is 0.315 e. The van der Waals surface area contributed by atoms with Crippen molar-refractivity contribution in [3.05, 3.63) is 0 Å². The van der Waals surface area contributed by atoms with E-state index in [1.165, 1.54) is 12.8 Å². The molecule has 0 spiro atoms. The Kier molecular flexibility index (Phi) is 4.26. The molecule has 1 unspecified atom stereocenters. The van der Waals surface area contributed by atoms with Gasteiger partial charge in [-0.3, -0.25) is 0 Å². The average Bonchev–Trinajstić information content (AvgIpc) is 2.92. The molecule has 0 aromatic rings. The molecule has 4 heteroatoms. The van der Waals surface area contributed by atoms with Gasteiger partial charge in [-0.15, -0.1) is 11.6 Å². The number of alkyl halides is 1. The molecule has 0 radical (unpaired) electrons. The second-order valence-corrected chi connectivity index (χ2v) is 5.65. The molecule has 0 bridgehead atoms. The number of carbonyl (C=O) groups excluding carboxylic acids is 1. The Morgan fingerprint density at radius 2 is 2.07 bits per heavy atom. The Morgan fingerprint density at radius 1 is 1.47 bits per heavy atom. The number of nitrogens with one attached hydrogen (secondary N) is 2. The summed E-state index contributed by atoms with van der Waals surface area (Å²) in [4.78, 5) is 11.5. The van der Waals surface area contributed by atoms with Gasteiger partial charge in [-0.25, -0.2) is 4.79 Å². The fourth-order valence-electron chi connectivity index (χ4n) is 1.82. The maximum atomic E-state index is 11.5. The van der Waals surface area contributed by atoms with E-state index in [0.717, 1.165) is 0 Å². The van der Waals surface area contributed by atoms with Crippen LogP contribution < -0.4 is 10.6 Å². The molecule has 1 aliphatic carbocycles. The number of halogens is 1. The van der Waals surface area contributed by atoms with Crippen LogP contribution in [0.4, 0.5) is 4.79 Å². The van der Waals surface area contributed by atoms with Crippen LogP contribution in [0.2, 0.25) is 0 Å². The highest BCUT2D eigenvalue weighted by atomic mass is 35.5. The van der Waals surface area contributed by atoms with Crippen molar-refractivity contribution >= 4 is 17.6 Å². The molecule has 1 aliphatic rings. The first-order valence-electron chi connectivity index (χ1n) is 5.55. The molecule has 0 aromatic heterocycles. The van der Waals surface area contributed by atoms with Crippen LogP contribution in [-0.4, -0.2) is 24.5 Å². The molecular weight excluding hydrogens is 212 g/mol.